The molecule has 0 amide bonds. The van der Waals surface area contributed by atoms with E-state index in [4.69, 9.17) is 0 Å². The molecule has 0 atom stereocenters. The molecule has 2 heterocycles. The second-order valence-electron chi connectivity index (χ2n) is 4.80. The molecule has 0 bridgehead atoms. The van der Waals surface area contributed by atoms with Crippen molar-refractivity contribution in [2.24, 2.45) is 14.1 Å². The van der Waals surface area contributed by atoms with Gasteiger partial charge >= 0.3 is 0 Å². The maximum atomic E-state index is 12.3. The summed E-state index contributed by atoms with van der Waals surface area (Å²) in [5, 5.41) is 5.30. The van der Waals surface area contributed by atoms with Crippen LogP contribution in [0.5, 0.6) is 0 Å². The van der Waals surface area contributed by atoms with Gasteiger partial charge in [0.1, 0.15) is 0 Å². The van der Waals surface area contributed by atoms with Crippen molar-refractivity contribution in [2.45, 2.75) is 25.8 Å². The number of aromatic nitrogens is 3. The summed E-state index contributed by atoms with van der Waals surface area (Å²) in [4.78, 5) is 12.3. The van der Waals surface area contributed by atoms with E-state index in [1.165, 1.54) is 11.8 Å². The van der Waals surface area contributed by atoms with E-state index in [2.05, 4.69) is 5.10 Å². The maximum Gasteiger partial charge on any atom is 0.174 e. The number of thioether (sulfide) groups is 1. The van der Waals surface area contributed by atoms with Crippen molar-refractivity contribution in [3.8, 4) is 0 Å². The largest absolute Gasteiger partial charge is 0.351 e. The van der Waals surface area contributed by atoms with Gasteiger partial charge in [-0.2, -0.15) is 5.10 Å². The summed E-state index contributed by atoms with van der Waals surface area (Å²) in [5.74, 6) is 0.619. The van der Waals surface area contributed by atoms with Crippen LogP contribution in [0, 0.1) is 20.8 Å². The van der Waals surface area contributed by atoms with E-state index >= 15 is 0 Å². The second kappa shape index (κ2) is 5.25. The normalized spacial score (nSPS) is 11.0. The van der Waals surface area contributed by atoms with E-state index in [1.807, 2.05) is 56.2 Å². The molecule has 4 nitrogen and oxygen atoms in total. The molecule has 0 fully saturated rings. The summed E-state index contributed by atoms with van der Waals surface area (Å²) >= 11 is 1.54. The predicted molar refractivity (Wildman–Crippen MR) is 77.9 cm³/mol. The van der Waals surface area contributed by atoms with Gasteiger partial charge in [-0.1, -0.05) is 11.8 Å². The van der Waals surface area contributed by atoms with Crippen LogP contribution >= 0.6 is 11.8 Å². The van der Waals surface area contributed by atoms with Crippen LogP contribution in [-0.4, -0.2) is 25.9 Å². The second-order valence-corrected chi connectivity index (χ2v) is 5.80. The molecule has 0 aliphatic heterocycles. The maximum absolute atomic E-state index is 12.3. The van der Waals surface area contributed by atoms with E-state index in [1.54, 1.807) is 0 Å². The third kappa shape index (κ3) is 2.76. The average molecular weight is 277 g/mol. The standard InChI is InChI=1S/C14H19N3OS/c1-9-6-14(17(5)15-9)19-8-13(18)12-7-10(2)16(4)11(12)3/h6-7H,8H2,1-5H3. The molecule has 19 heavy (non-hydrogen) atoms. The first-order valence-corrected chi connectivity index (χ1v) is 7.18. The van der Waals surface area contributed by atoms with Crippen molar-refractivity contribution >= 4 is 17.5 Å². The van der Waals surface area contributed by atoms with Gasteiger partial charge in [-0.25, -0.2) is 0 Å². The Kier molecular flexibility index (Phi) is 3.85. The molecule has 0 spiro atoms. The molecule has 0 aromatic carbocycles. The van der Waals surface area contributed by atoms with Crippen LogP contribution in [0.3, 0.4) is 0 Å². The van der Waals surface area contributed by atoms with Crippen molar-refractivity contribution in [1.29, 1.82) is 0 Å². The molecular formula is C14H19N3OS. The molecule has 102 valence electrons. The van der Waals surface area contributed by atoms with Crippen molar-refractivity contribution in [3.63, 3.8) is 0 Å². The summed E-state index contributed by atoms with van der Waals surface area (Å²) < 4.78 is 3.86. The fraction of sp³-hybridized carbons (Fsp3) is 0.429. The number of rotatable bonds is 4. The van der Waals surface area contributed by atoms with Crippen molar-refractivity contribution in [1.82, 2.24) is 14.3 Å². The summed E-state index contributed by atoms with van der Waals surface area (Å²) in [6, 6.07) is 3.97. The smallest absolute Gasteiger partial charge is 0.174 e. The van der Waals surface area contributed by atoms with Gasteiger partial charge in [0.2, 0.25) is 0 Å². The Hall–Kier alpha value is -1.49. The lowest BCUT2D eigenvalue weighted by molar-refractivity contribution is 0.102. The summed E-state index contributed by atoms with van der Waals surface area (Å²) in [5.41, 5.74) is 3.95. The molecule has 5 heteroatoms. The van der Waals surface area contributed by atoms with Crippen LogP contribution in [0.25, 0.3) is 0 Å². The zero-order valence-electron chi connectivity index (χ0n) is 12.0. The number of carbonyl (C=O) groups is 1. The van der Waals surface area contributed by atoms with Gasteiger partial charge in [-0.3, -0.25) is 9.48 Å². The monoisotopic (exact) mass is 277 g/mol. The molecule has 2 aromatic heterocycles. The number of hydrogen-bond donors (Lipinski definition) is 0. The highest BCUT2D eigenvalue weighted by Gasteiger charge is 2.15. The molecular weight excluding hydrogens is 258 g/mol. The lowest BCUT2D eigenvalue weighted by atomic mass is 10.2. The minimum Gasteiger partial charge on any atom is -0.351 e. The average Bonchev–Trinajstić information content (AvgIpc) is 2.80. The molecule has 2 aromatic rings. The van der Waals surface area contributed by atoms with Gasteiger partial charge in [-0.05, 0) is 32.9 Å². The summed E-state index contributed by atoms with van der Waals surface area (Å²) in [6.07, 6.45) is 0. The topological polar surface area (TPSA) is 39.8 Å². The number of nitrogens with zero attached hydrogens (tertiary/aromatic N) is 3. The molecule has 0 saturated heterocycles. The third-order valence-electron chi connectivity index (χ3n) is 3.39. The lowest BCUT2D eigenvalue weighted by Crippen LogP contribution is -2.05. The molecule has 0 saturated carbocycles. The first-order chi connectivity index (χ1) is 8.90. The minimum absolute atomic E-state index is 0.171. The Morgan fingerprint density at radius 1 is 1.26 bits per heavy atom. The zero-order valence-corrected chi connectivity index (χ0v) is 12.8. The Bertz CT molecular complexity index is 625. The van der Waals surface area contributed by atoms with Gasteiger partial charge in [0, 0.05) is 31.0 Å². The first kappa shape index (κ1) is 13.9. The number of Topliss-reactive ketones (excluding diaryl/α,β-unsaturated/α-hetero) is 1. The van der Waals surface area contributed by atoms with Crippen LogP contribution in [0.4, 0.5) is 0 Å². The molecule has 0 aliphatic rings. The van der Waals surface area contributed by atoms with E-state index in [-0.39, 0.29) is 5.78 Å². The van der Waals surface area contributed by atoms with Crippen molar-refractivity contribution < 1.29 is 4.79 Å². The lowest BCUT2D eigenvalue weighted by Gasteiger charge is -2.03. The fourth-order valence-electron chi connectivity index (χ4n) is 2.08. The minimum atomic E-state index is 0.171. The van der Waals surface area contributed by atoms with Gasteiger partial charge in [-0.15, -0.1) is 0 Å². The highest BCUT2D eigenvalue weighted by atomic mass is 32.2. The van der Waals surface area contributed by atoms with Crippen LogP contribution in [-0.2, 0) is 14.1 Å². The quantitative estimate of drug-likeness (QED) is 0.637. The van der Waals surface area contributed by atoms with Crippen molar-refractivity contribution in [3.05, 3.63) is 34.8 Å². The van der Waals surface area contributed by atoms with Crippen LogP contribution in [0.2, 0.25) is 0 Å². The Morgan fingerprint density at radius 2 is 1.95 bits per heavy atom. The molecule has 0 radical (unpaired) electrons. The number of carbonyl (C=O) groups excluding carboxylic acids is 1. The van der Waals surface area contributed by atoms with Gasteiger partial charge in [0.05, 0.1) is 16.5 Å². The van der Waals surface area contributed by atoms with E-state index < -0.39 is 0 Å². The van der Waals surface area contributed by atoms with E-state index in [0.717, 1.165) is 27.7 Å². The highest BCUT2D eigenvalue weighted by Crippen LogP contribution is 2.21. The van der Waals surface area contributed by atoms with Crippen LogP contribution in [0.1, 0.15) is 27.4 Å². The van der Waals surface area contributed by atoms with Crippen LogP contribution < -0.4 is 0 Å². The third-order valence-corrected chi connectivity index (χ3v) is 4.47. The van der Waals surface area contributed by atoms with Crippen molar-refractivity contribution in [2.75, 3.05) is 5.75 Å². The summed E-state index contributed by atoms with van der Waals surface area (Å²) in [6.45, 7) is 5.96. The molecule has 0 unspecified atom stereocenters. The van der Waals surface area contributed by atoms with Gasteiger partial charge in [0.15, 0.2) is 5.78 Å². The Balaban J connectivity index is 2.09. The Labute approximate surface area is 117 Å². The number of aryl methyl sites for hydroxylation is 3. The first-order valence-electron chi connectivity index (χ1n) is 6.19. The Morgan fingerprint density at radius 3 is 2.42 bits per heavy atom. The number of ketones is 1. The highest BCUT2D eigenvalue weighted by molar-refractivity contribution is 7.99. The number of hydrogen-bond acceptors (Lipinski definition) is 3. The van der Waals surface area contributed by atoms with Crippen LogP contribution in [0.15, 0.2) is 17.2 Å². The summed E-state index contributed by atoms with van der Waals surface area (Å²) in [7, 11) is 3.89. The predicted octanol–water partition coefficient (Wildman–Crippen LogP) is 2.66. The molecule has 0 aliphatic carbocycles. The van der Waals surface area contributed by atoms with Gasteiger partial charge < -0.3 is 4.57 Å². The fourth-order valence-corrected chi connectivity index (χ4v) is 2.99. The van der Waals surface area contributed by atoms with Gasteiger partial charge in [0.25, 0.3) is 0 Å². The SMILES string of the molecule is Cc1cc(SCC(=O)c2cc(C)n(C)c2C)n(C)n1. The zero-order chi connectivity index (χ0) is 14.2. The molecule has 2 rings (SSSR count). The molecule has 0 N–H and O–H groups in total. The van der Waals surface area contributed by atoms with E-state index in [9.17, 15) is 4.79 Å². The van der Waals surface area contributed by atoms with E-state index in [0.29, 0.717) is 5.75 Å².